The molecule has 2 aromatic carbocycles. The predicted octanol–water partition coefficient (Wildman–Crippen LogP) is 3.69. The molecule has 0 saturated carbocycles. The second kappa shape index (κ2) is 8.27. The lowest BCUT2D eigenvalue weighted by atomic mass is 10.0. The van der Waals surface area contributed by atoms with Crippen LogP contribution in [-0.2, 0) is 22.6 Å². The third-order valence-corrected chi connectivity index (χ3v) is 5.15. The van der Waals surface area contributed by atoms with Crippen LogP contribution in [-0.4, -0.2) is 35.2 Å². The van der Waals surface area contributed by atoms with Gasteiger partial charge < -0.3 is 15.2 Å². The summed E-state index contributed by atoms with van der Waals surface area (Å²) in [7, 11) is 0. The molecule has 0 saturated heterocycles. The van der Waals surface area contributed by atoms with E-state index in [1.165, 1.54) is 34.0 Å². The fourth-order valence-corrected chi connectivity index (χ4v) is 3.65. The summed E-state index contributed by atoms with van der Waals surface area (Å²) in [5, 5.41) is 11.6. The first-order valence-electron chi connectivity index (χ1n) is 8.44. The van der Waals surface area contributed by atoms with Crippen LogP contribution in [0.1, 0.15) is 23.1 Å². The topological polar surface area (TPSA) is 75.6 Å². The van der Waals surface area contributed by atoms with E-state index >= 15 is 0 Å². The van der Waals surface area contributed by atoms with Gasteiger partial charge in [-0.1, -0.05) is 42.5 Å². The van der Waals surface area contributed by atoms with Gasteiger partial charge in [0.2, 0.25) is 0 Å². The van der Waals surface area contributed by atoms with Gasteiger partial charge in [0, 0.05) is 0 Å². The van der Waals surface area contributed by atoms with E-state index in [1.807, 2.05) is 30.5 Å². The van der Waals surface area contributed by atoms with Gasteiger partial charge in [0.25, 0.3) is 0 Å². The van der Waals surface area contributed by atoms with Crippen LogP contribution in [0.2, 0.25) is 0 Å². The number of ether oxygens (including phenoxy) is 1. The zero-order valence-corrected chi connectivity index (χ0v) is 15.3. The third kappa shape index (κ3) is 4.02. The van der Waals surface area contributed by atoms with Gasteiger partial charge in [0.15, 0.2) is 0 Å². The number of hydrogen-bond acceptors (Lipinski definition) is 4. The van der Waals surface area contributed by atoms with Gasteiger partial charge in [-0.05, 0) is 52.7 Å². The smallest absolute Gasteiger partial charge is 0.408 e. The van der Waals surface area contributed by atoms with E-state index in [4.69, 9.17) is 4.74 Å². The van der Waals surface area contributed by atoms with Crippen LogP contribution in [0.5, 0.6) is 0 Å². The molecule has 2 aromatic rings. The standard InChI is InChI=1S/C20H21NO4S/c1-26-10-9-18(19(22)23)21-20(24)25-12-14-6-4-8-16-15-7-3-2-5-13(15)11-17(14)16/h2-8,18H,9-12H2,1H3,(H,21,24)(H,22,23)/t18-/m1/s1. The Kier molecular flexibility index (Phi) is 5.83. The van der Waals surface area contributed by atoms with Crippen molar-refractivity contribution in [1.82, 2.24) is 5.32 Å². The van der Waals surface area contributed by atoms with Crippen molar-refractivity contribution in [3.8, 4) is 11.1 Å². The maximum atomic E-state index is 12.0. The zero-order chi connectivity index (χ0) is 18.5. The number of amides is 1. The molecule has 3 rings (SSSR count). The van der Waals surface area contributed by atoms with Crippen LogP contribution < -0.4 is 5.32 Å². The number of carbonyl (C=O) groups is 2. The van der Waals surface area contributed by atoms with Gasteiger partial charge in [-0.2, -0.15) is 11.8 Å². The number of hydrogen-bond donors (Lipinski definition) is 2. The van der Waals surface area contributed by atoms with Crippen LogP contribution in [0, 0.1) is 0 Å². The predicted molar refractivity (Wildman–Crippen MR) is 102 cm³/mol. The Morgan fingerprint density at radius 1 is 1.19 bits per heavy atom. The highest BCUT2D eigenvalue weighted by atomic mass is 32.2. The number of rotatable bonds is 7. The number of nitrogens with one attached hydrogen (secondary N) is 1. The Hall–Kier alpha value is -2.47. The monoisotopic (exact) mass is 371 g/mol. The number of carbonyl (C=O) groups excluding carboxylic acids is 1. The average Bonchev–Trinajstić information content (AvgIpc) is 3.02. The number of benzene rings is 2. The van der Waals surface area contributed by atoms with Gasteiger partial charge in [0.05, 0.1) is 0 Å². The molecule has 1 amide bonds. The minimum Gasteiger partial charge on any atom is -0.480 e. The third-order valence-electron chi connectivity index (χ3n) is 4.51. The van der Waals surface area contributed by atoms with E-state index in [0.717, 1.165) is 12.0 Å². The first-order valence-corrected chi connectivity index (χ1v) is 9.83. The molecule has 26 heavy (non-hydrogen) atoms. The van der Waals surface area contributed by atoms with Crippen LogP contribution in [0.3, 0.4) is 0 Å². The van der Waals surface area contributed by atoms with Crippen LogP contribution >= 0.6 is 11.8 Å². The summed E-state index contributed by atoms with van der Waals surface area (Å²) >= 11 is 1.54. The van der Waals surface area contributed by atoms with Crippen molar-refractivity contribution in [1.29, 1.82) is 0 Å². The average molecular weight is 371 g/mol. The molecule has 0 fully saturated rings. The quantitative estimate of drug-likeness (QED) is 0.662. The molecular formula is C20H21NO4S. The maximum absolute atomic E-state index is 12.0. The minimum atomic E-state index is -1.05. The fraction of sp³-hybridized carbons (Fsp3) is 0.300. The van der Waals surface area contributed by atoms with Gasteiger partial charge in [0.1, 0.15) is 12.6 Å². The van der Waals surface area contributed by atoms with Gasteiger partial charge >= 0.3 is 12.1 Å². The van der Waals surface area contributed by atoms with E-state index in [1.54, 1.807) is 0 Å². The highest BCUT2D eigenvalue weighted by Crippen LogP contribution is 2.38. The van der Waals surface area contributed by atoms with Gasteiger partial charge in [-0.3, -0.25) is 0 Å². The molecule has 0 unspecified atom stereocenters. The lowest BCUT2D eigenvalue weighted by molar-refractivity contribution is -0.139. The Bertz CT molecular complexity index is 821. The number of thioether (sulfide) groups is 1. The second-order valence-corrected chi connectivity index (χ2v) is 7.16. The van der Waals surface area contributed by atoms with Crippen molar-refractivity contribution in [2.75, 3.05) is 12.0 Å². The number of alkyl carbamates (subject to hydrolysis) is 1. The van der Waals surface area contributed by atoms with Crippen molar-refractivity contribution in [2.24, 2.45) is 0 Å². The first-order chi connectivity index (χ1) is 12.6. The zero-order valence-electron chi connectivity index (χ0n) is 14.5. The molecule has 0 aromatic heterocycles. The molecular weight excluding hydrogens is 350 g/mol. The SMILES string of the molecule is CSCC[C@@H](NC(=O)OCc1cccc2c1Cc1ccccc1-2)C(=O)O. The maximum Gasteiger partial charge on any atom is 0.408 e. The molecule has 0 heterocycles. The molecule has 0 aliphatic heterocycles. The summed E-state index contributed by atoms with van der Waals surface area (Å²) < 4.78 is 5.29. The fourth-order valence-electron chi connectivity index (χ4n) is 3.18. The molecule has 5 nitrogen and oxygen atoms in total. The second-order valence-electron chi connectivity index (χ2n) is 6.17. The van der Waals surface area contributed by atoms with Crippen molar-refractivity contribution in [3.05, 3.63) is 59.2 Å². The van der Waals surface area contributed by atoms with Crippen LogP contribution in [0.25, 0.3) is 11.1 Å². The van der Waals surface area contributed by atoms with Crippen LogP contribution in [0.4, 0.5) is 4.79 Å². The van der Waals surface area contributed by atoms with Crippen LogP contribution in [0.15, 0.2) is 42.5 Å². The van der Waals surface area contributed by atoms with E-state index in [9.17, 15) is 14.7 Å². The summed E-state index contributed by atoms with van der Waals surface area (Å²) in [6.07, 6.45) is 2.37. The van der Waals surface area contributed by atoms with Gasteiger partial charge in [-0.15, -0.1) is 0 Å². The molecule has 136 valence electrons. The Balaban J connectivity index is 1.64. The molecule has 0 spiro atoms. The van der Waals surface area contributed by atoms with Crippen molar-refractivity contribution in [2.45, 2.75) is 25.5 Å². The molecule has 1 aliphatic carbocycles. The largest absolute Gasteiger partial charge is 0.480 e. The lowest BCUT2D eigenvalue weighted by Crippen LogP contribution is -2.41. The Morgan fingerprint density at radius 3 is 2.73 bits per heavy atom. The van der Waals surface area contributed by atoms with E-state index < -0.39 is 18.1 Å². The molecule has 6 heteroatoms. The normalized spacial score (nSPS) is 12.8. The molecule has 0 bridgehead atoms. The Morgan fingerprint density at radius 2 is 1.96 bits per heavy atom. The minimum absolute atomic E-state index is 0.123. The lowest BCUT2D eigenvalue weighted by Gasteiger charge is -2.15. The highest BCUT2D eigenvalue weighted by Gasteiger charge is 2.22. The Labute approximate surface area is 156 Å². The number of aliphatic carboxylic acids is 1. The van der Waals surface area contributed by atoms with E-state index in [-0.39, 0.29) is 6.61 Å². The summed E-state index contributed by atoms with van der Waals surface area (Å²) in [6.45, 7) is 0.123. The number of carboxylic acids is 1. The summed E-state index contributed by atoms with van der Waals surface area (Å²) in [5.74, 6) is -0.395. The van der Waals surface area contributed by atoms with Crippen molar-refractivity contribution >= 4 is 23.8 Å². The number of carboxylic acid groups (broad SMARTS) is 1. The van der Waals surface area contributed by atoms with E-state index in [0.29, 0.717) is 12.2 Å². The summed E-state index contributed by atoms with van der Waals surface area (Å²) in [6, 6.07) is 13.3. The first kappa shape index (κ1) is 18.3. The molecule has 2 N–H and O–H groups in total. The summed E-state index contributed by atoms with van der Waals surface area (Å²) in [5.41, 5.74) is 5.77. The van der Waals surface area contributed by atoms with E-state index in [2.05, 4.69) is 23.5 Å². The summed E-state index contributed by atoms with van der Waals surface area (Å²) in [4.78, 5) is 23.2. The van der Waals surface area contributed by atoms with Crippen molar-refractivity contribution in [3.63, 3.8) is 0 Å². The van der Waals surface area contributed by atoms with Crippen molar-refractivity contribution < 1.29 is 19.4 Å². The molecule has 0 radical (unpaired) electrons. The molecule has 1 aliphatic rings. The molecule has 1 atom stereocenters. The number of fused-ring (bicyclic) bond motifs is 3. The highest BCUT2D eigenvalue weighted by molar-refractivity contribution is 7.98. The van der Waals surface area contributed by atoms with Gasteiger partial charge in [-0.25, -0.2) is 9.59 Å².